The number of rotatable bonds is 4. The number of hydrogen-bond donors (Lipinski definition) is 1. The van der Waals surface area contributed by atoms with Gasteiger partial charge in [0.05, 0.1) is 26.5 Å². The van der Waals surface area contributed by atoms with Crippen molar-refractivity contribution in [3.05, 3.63) is 35.8 Å². The Morgan fingerprint density at radius 1 is 1.39 bits per heavy atom. The van der Waals surface area contributed by atoms with Gasteiger partial charge in [0.25, 0.3) is 5.91 Å². The number of morpholine rings is 1. The van der Waals surface area contributed by atoms with Crippen molar-refractivity contribution in [1.82, 2.24) is 4.98 Å². The average molecular weight is 337 g/mol. The Hall–Kier alpha value is -2.19. The van der Waals surface area contributed by atoms with Gasteiger partial charge in [0.1, 0.15) is 5.82 Å². The standard InChI is InChI=1S/C15H16FN3O3S/c1-21-13-9-17-15(23-13)18-14(20)10-6-11(16)8-12(7-10)19-2-4-22-5-3-19/h6-9H,2-5H2,1H3,(H,17,18,20). The molecular formula is C15H16FN3O3S. The Labute approximate surface area is 136 Å². The number of hydrogen-bond acceptors (Lipinski definition) is 6. The van der Waals surface area contributed by atoms with E-state index >= 15 is 0 Å². The summed E-state index contributed by atoms with van der Waals surface area (Å²) in [7, 11) is 1.53. The molecule has 6 nitrogen and oxygen atoms in total. The molecule has 23 heavy (non-hydrogen) atoms. The maximum Gasteiger partial charge on any atom is 0.257 e. The van der Waals surface area contributed by atoms with Gasteiger partial charge in [-0.05, 0) is 18.2 Å². The number of amides is 1. The van der Waals surface area contributed by atoms with Gasteiger partial charge in [0, 0.05) is 24.3 Å². The molecule has 0 aliphatic carbocycles. The SMILES string of the molecule is COc1cnc(NC(=O)c2cc(F)cc(N3CCOCC3)c2)s1. The molecule has 3 rings (SSSR count). The third kappa shape index (κ3) is 3.77. The number of nitrogens with one attached hydrogen (secondary N) is 1. The average Bonchev–Trinajstić information content (AvgIpc) is 3.02. The van der Waals surface area contributed by atoms with E-state index in [0.717, 1.165) is 0 Å². The second-order valence-electron chi connectivity index (χ2n) is 4.94. The van der Waals surface area contributed by atoms with E-state index in [0.29, 0.717) is 42.2 Å². The summed E-state index contributed by atoms with van der Waals surface area (Å²) in [4.78, 5) is 18.3. The second kappa shape index (κ2) is 6.93. The number of thiazole rings is 1. The van der Waals surface area contributed by atoms with E-state index in [1.807, 2.05) is 4.90 Å². The maximum atomic E-state index is 13.9. The Morgan fingerprint density at radius 2 is 2.17 bits per heavy atom. The largest absolute Gasteiger partial charge is 0.486 e. The summed E-state index contributed by atoms with van der Waals surface area (Å²) in [5.41, 5.74) is 0.927. The number of nitrogens with zero attached hydrogens (tertiary/aromatic N) is 2. The smallest absolute Gasteiger partial charge is 0.257 e. The number of carbonyl (C=O) groups is 1. The van der Waals surface area contributed by atoms with Crippen molar-refractivity contribution in [2.45, 2.75) is 0 Å². The summed E-state index contributed by atoms with van der Waals surface area (Å²) < 4.78 is 24.2. The molecule has 0 radical (unpaired) electrons. The third-order valence-corrected chi connectivity index (χ3v) is 4.30. The van der Waals surface area contributed by atoms with Gasteiger partial charge in [-0.1, -0.05) is 11.3 Å². The Morgan fingerprint density at radius 3 is 2.87 bits per heavy atom. The van der Waals surface area contributed by atoms with E-state index in [1.54, 1.807) is 6.07 Å². The van der Waals surface area contributed by atoms with Crippen LogP contribution in [0.1, 0.15) is 10.4 Å². The molecule has 0 spiro atoms. The fourth-order valence-corrected chi connectivity index (χ4v) is 2.92. The van der Waals surface area contributed by atoms with Crippen LogP contribution >= 0.6 is 11.3 Å². The topological polar surface area (TPSA) is 63.7 Å². The molecule has 0 bridgehead atoms. The van der Waals surface area contributed by atoms with Crippen molar-refractivity contribution in [2.75, 3.05) is 43.6 Å². The van der Waals surface area contributed by atoms with E-state index < -0.39 is 11.7 Å². The van der Waals surface area contributed by atoms with Crippen molar-refractivity contribution in [1.29, 1.82) is 0 Å². The van der Waals surface area contributed by atoms with E-state index in [1.165, 1.54) is 36.8 Å². The number of benzene rings is 1. The van der Waals surface area contributed by atoms with Crippen LogP contribution in [0.4, 0.5) is 15.2 Å². The molecule has 1 fully saturated rings. The number of anilines is 2. The van der Waals surface area contributed by atoms with E-state index in [2.05, 4.69) is 10.3 Å². The summed E-state index contributed by atoms with van der Waals surface area (Å²) in [6, 6.07) is 4.31. The number of halogens is 1. The minimum absolute atomic E-state index is 0.251. The van der Waals surface area contributed by atoms with Crippen molar-refractivity contribution in [2.24, 2.45) is 0 Å². The fourth-order valence-electron chi connectivity index (χ4n) is 2.29. The van der Waals surface area contributed by atoms with Gasteiger partial charge in [-0.15, -0.1) is 0 Å². The summed E-state index contributed by atoms with van der Waals surface area (Å²) >= 11 is 1.21. The number of aromatic nitrogens is 1. The highest BCUT2D eigenvalue weighted by molar-refractivity contribution is 7.17. The lowest BCUT2D eigenvalue weighted by atomic mass is 10.1. The highest BCUT2D eigenvalue weighted by Gasteiger charge is 2.16. The second-order valence-corrected chi connectivity index (χ2v) is 5.93. The molecule has 0 atom stereocenters. The molecule has 122 valence electrons. The minimum Gasteiger partial charge on any atom is -0.486 e. The van der Waals surface area contributed by atoms with Gasteiger partial charge in [-0.2, -0.15) is 0 Å². The van der Waals surface area contributed by atoms with Crippen molar-refractivity contribution in [3.63, 3.8) is 0 Å². The van der Waals surface area contributed by atoms with E-state index in [4.69, 9.17) is 9.47 Å². The van der Waals surface area contributed by atoms with Crippen LogP contribution in [0.3, 0.4) is 0 Å². The van der Waals surface area contributed by atoms with Gasteiger partial charge in [0.15, 0.2) is 10.2 Å². The monoisotopic (exact) mass is 337 g/mol. The Balaban J connectivity index is 1.78. The van der Waals surface area contributed by atoms with Crippen LogP contribution in [0.5, 0.6) is 5.06 Å². The predicted octanol–water partition coefficient (Wildman–Crippen LogP) is 2.38. The molecule has 0 saturated carbocycles. The van der Waals surface area contributed by atoms with Crippen LogP contribution in [-0.2, 0) is 4.74 Å². The summed E-state index contributed by atoms with van der Waals surface area (Å²) in [6.07, 6.45) is 1.52. The van der Waals surface area contributed by atoms with Crippen molar-refractivity contribution >= 4 is 28.1 Å². The van der Waals surface area contributed by atoms with Crippen LogP contribution in [0.15, 0.2) is 24.4 Å². The first kappa shape index (κ1) is 15.7. The Bertz CT molecular complexity index is 701. The van der Waals surface area contributed by atoms with Gasteiger partial charge < -0.3 is 14.4 Å². The van der Waals surface area contributed by atoms with Crippen LogP contribution in [0, 0.1) is 5.82 Å². The van der Waals surface area contributed by atoms with Gasteiger partial charge in [-0.3, -0.25) is 10.1 Å². The van der Waals surface area contributed by atoms with Crippen molar-refractivity contribution in [3.8, 4) is 5.06 Å². The lowest BCUT2D eigenvalue weighted by molar-refractivity contribution is 0.102. The lowest BCUT2D eigenvalue weighted by Crippen LogP contribution is -2.36. The number of methoxy groups -OCH3 is 1. The fraction of sp³-hybridized carbons (Fsp3) is 0.333. The third-order valence-electron chi connectivity index (χ3n) is 3.43. The van der Waals surface area contributed by atoms with Crippen LogP contribution in [0.2, 0.25) is 0 Å². The molecule has 1 aromatic carbocycles. The molecule has 2 heterocycles. The first-order valence-corrected chi connectivity index (χ1v) is 7.92. The van der Waals surface area contributed by atoms with Crippen LogP contribution in [-0.4, -0.2) is 44.3 Å². The molecule has 1 amide bonds. The van der Waals surface area contributed by atoms with Gasteiger partial charge >= 0.3 is 0 Å². The highest BCUT2D eigenvalue weighted by atomic mass is 32.1. The van der Waals surface area contributed by atoms with Crippen LogP contribution in [0.25, 0.3) is 0 Å². The zero-order valence-electron chi connectivity index (χ0n) is 12.5. The first-order valence-electron chi connectivity index (χ1n) is 7.10. The molecule has 1 aliphatic rings. The number of carbonyl (C=O) groups excluding carboxylic acids is 1. The maximum absolute atomic E-state index is 13.9. The van der Waals surface area contributed by atoms with Crippen molar-refractivity contribution < 1.29 is 18.7 Å². The molecule has 1 aliphatic heterocycles. The van der Waals surface area contributed by atoms with Crippen LogP contribution < -0.4 is 15.0 Å². The predicted molar refractivity (Wildman–Crippen MR) is 86.1 cm³/mol. The zero-order valence-corrected chi connectivity index (χ0v) is 13.4. The molecule has 1 aromatic heterocycles. The zero-order chi connectivity index (χ0) is 16.2. The van der Waals surface area contributed by atoms with Gasteiger partial charge in [-0.25, -0.2) is 9.37 Å². The van der Waals surface area contributed by atoms with E-state index in [-0.39, 0.29) is 5.56 Å². The quantitative estimate of drug-likeness (QED) is 0.928. The lowest BCUT2D eigenvalue weighted by Gasteiger charge is -2.29. The first-order chi connectivity index (χ1) is 11.2. The van der Waals surface area contributed by atoms with Gasteiger partial charge in [0.2, 0.25) is 0 Å². The summed E-state index contributed by atoms with van der Waals surface area (Å²) in [5, 5.41) is 3.65. The minimum atomic E-state index is -0.448. The molecule has 1 N–H and O–H groups in total. The molecule has 2 aromatic rings. The molecular weight excluding hydrogens is 321 g/mol. The molecule has 0 unspecified atom stereocenters. The summed E-state index contributed by atoms with van der Waals surface area (Å²) in [6.45, 7) is 2.54. The van der Waals surface area contributed by atoms with E-state index in [9.17, 15) is 9.18 Å². The summed E-state index contributed by atoms with van der Waals surface area (Å²) in [5.74, 6) is -0.855. The number of ether oxygens (including phenoxy) is 2. The highest BCUT2D eigenvalue weighted by Crippen LogP contribution is 2.26. The normalized spacial score (nSPS) is 14.6. The Kier molecular flexibility index (Phi) is 4.73. The molecule has 8 heteroatoms. The molecule has 1 saturated heterocycles.